The number of rotatable bonds is 2. The number of amides is 4. The molecule has 0 unspecified atom stereocenters. The van der Waals surface area contributed by atoms with Crippen LogP contribution >= 0.6 is 11.8 Å². The number of carbonyl (C=O) groups is 3. The van der Waals surface area contributed by atoms with Crippen molar-refractivity contribution in [2.45, 2.75) is 9.79 Å². The van der Waals surface area contributed by atoms with Crippen LogP contribution in [0.1, 0.15) is 4.44 Å². The molecule has 2 aromatic carbocycles. The molecule has 2 aliphatic rings. The minimum absolute atomic E-state index is 0.0186. The topological polar surface area (TPSA) is 69.7 Å². The van der Waals surface area contributed by atoms with Crippen LogP contribution in [0.2, 0.25) is 0 Å². The van der Waals surface area contributed by atoms with Crippen molar-refractivity contribution >= 4 is 66.1 Å². The Hall–Kier alpha value is -3.06. The molecule has 148 valence electrons. The number of anilines is 3. The Morgan fingerprint density at radius 3 is 2.20 bits per heavy atom. The number of carbonyl (C=O) groups excluding carboxylic acids is 3. The van der Waals surface area contributed by atoms with Gasteiger partial charge in [0.2, 0.25) is 0 Å². The molecule has 2 aliphatic heterocycles. The molecule has 3 aromatic rings. The van der Waals surface area contributed by atoms with E-state index in [0.29, 0.717) is 0 Å². The fourth-order valence-corrected chi connectivity index (χ4v) is 6.48. The second-order valence-electron chi connectivity index (χ2n) is 6.73. The van der Waals surface area contributed by atoms with Crippen LogP contribution in [0.3, 0.4) is 0 Å². The maximum absolute atomic E-state index is 12.4. The monoisotopic (exact) mass is 481 g/mol. The average Bonchev–Trinajstić information content (AvgIpc) is 3.21. The number of imide groups is 2. The molecule has 5 rings (SSSR count). The molecule has 8 heteroatoms. The molecule has 1 saturated heterocycles. The van der Waals surface area contributed by atoms with Crippen LogP contribution in [0.25, 0.3) is 6.08 Å². The number of nitrogens with one attached hydrogen (secondary N) is 1. The van der Waals surface area contributed by atoms with Crippen LogP contribution in [0.4, 0.5) is 20.7 Å². The summed E-state index contributed by atoms with van der Waals surface area (Å²) in [5.41, 5.74) is 2.22. The molecule has 0 atom stereocenters. The van der Waals surface area contributed by atoms with E-state index in [0.717, 1.165) is 25.3 Å². The van der Waals surface area contributed by atoms with E-state index in [-0.39, 0.29) is 20.1 Å². The van der Waals surface area contributed by atoms with Crippen molar-refractivity contribution in [2.75, 3.05) is 11.9 Å². The molecule has 1 N–H and O–H groups in total. The normalized spacial score (nSPS) is 17.1. The van der Waals surface area contributed by atoms with Gasteiger partial charge in [-0.1, -0.05) is 0 Å². The van der Waals surface area contributed by atoms with Crippen molar-refractivity contribution < 1.29 is 14.4 Å². The SMILES string of the molecule is CN1C(=O)NC(=O)/C(=C\c2ccc(N3c4ccccc4Sc4ccccc43)[se]2)C1=O. The van der Waals surface area contributed by atoms with Gasteiger partial charge in [0.1, 0.15) is 0 Å². The molecule has 0 radical (unpaired) electrons. The third-order valence-corrected chi connectivity index (χ3v) is 8.12. The molecule has 4 amide bonds. The average molecular weight is 480 g/mol. The van der Waals surface area contributed by atoms with Crippen molar-refractivity contribution in [3.05, 3.63) is 70.7 Å². The number of benzene rings is 2. The Bertz CT molecular complexity index is 1200. The summed E-state index contributed by atoms with van der Waals surface area (Å²) in [7, 11) is 1.36. The van der Waals surface area contributed by atoms with Crippen molar-refractivity contribution in [2.24, 2.45) is 0 Å². The fourth-order valence-electron chi connectivity index (χ4n) is 3.37. The minimum atomic E-state index is -0.703. The molecule has 1 aromatic heterocycles. The number of urea groups is 1. The van der Waals surface area contributed by atoms with Crippen LogP contribution in [0.15, 0.2) is 76.0 Å². The van der Waals surface area contributed by atoms with Gasteiger partial charge >= 0.3 is 183 Å². The summed E-state index contributed by atoms with van der Waals surface area (Å²) >= 11 is 1.63. The number of para-hydroxylation sites is 2. The maximum atomic E-state index is 12.4. The molecule has 3 heterocycles. The molecule has 1 fully saturated rings. The molecule has 0 bridgehead atoms. The third-order valence-electron chi connectivity index (χ3n) is 4.86. The first-order chi connectivity index (χ1) is 14.5. The molecule has 0 spiro atoms. The Morgan fingerprint density at radius 2 is 1.53 bits per heavy atom. The fraction of sp³-hybridized carbons (Fsp3) is 0.0455. The first kappa shape index (κ1) is 18.9. The zero-order valence-corrected chi connectivity index (χ0v) is 18.3. The quantitative estimate of drug-likeness (QED) is 0.269. The van der Waals surface area contributed by atoms with Gasteiger partial charge in [-0.2, -0.15) is 0 Å². The first-order valence-corrected chi connectivity index (χ1v) is 11.7. The van der Waals surface area contributed by atoms with E-state index < -0.39 is 17.8 Å². The third kappa shape index (κ3) is 3.10. The van der Waals surface area contributed by atoms with Gasteiger partial charge in [-0.3, -0.25) is 0 Å². The van der Waals surface area contributed by atoms with Crippen molar-refractivity contribution in [3.8, 4) is 0 Å². The summed E-state index contributed by atoms with van der Waals surface area (Å²) in [5.74, 6) is -1.24. The van der Waals surface area contributed by atoms with Gasteiger partial charge in [0.15, 0.2) is 0 Å². The number of barbiturate groups is 1. The summed E-state index contributed by atoms with van der Waals surface area (Å²) in [6.07, 6.45) is 1.60. The summed E-state index contributed by atoms with van der Waals surface area (Å²) < 4.78 is 2.01. The van der Waals surface area contributed by atoms with Crippen molar-refractivity contribution in [1.29, 1.82) is 0 Å². The molecule has 30 heavy (non-hydrogen) atoms. The van der Waals surface area contributed by atoms with E-state index in [2.05, 4.69) is 34.5 Å². The predicted octanol–water partition coefficient (Wildman–Crippen LogP) is 3.77. The summed E-state index contributed by atoms with van der Waals surface area (Å²) in [5, 5.41) is 2.19. The second-order valence-corrected chi connectivity index (χ2v) is 10.1. The molecule has 0 saturated carbocycles. The standard InChI is InChI=1S/C22H15N3O3SSe/c1-24-21(27)14(20(26)23-22(24)28)12-13-10-11-19(30-13)25-15-6-2-4-8-17(15)29-18-9-5-3-7-16(18)25/h2-12H,1H3,(H,23,26,28)/b14-12+. The molecule has 6 nitrogen and oxygen atoms in total. The van der Waals surface area contributed by atoms with E-state index >= 15 is 0 Å². The van der Waals surface area contributed by atoms with Crippen LogP contribution in [0.5, 0.6) is 0 Å². The first-order valence-electron chi connectivity index (χ1n) is 9.14. The van der Waals surface area contributed by atoms with E-state index in [9.17, 15) is 14.4 Å². The van der Waals surface area contributed by atoms with Crippen LogP contribution in [-0.2, 0) is 9.59 Å². The molecular formula is C22H15N3O3SSe. The van der Waals surface area contributed by atoms with Gasteiger partial charge in [-0.05, 0) is 0 Å². The van der Waals surface area contributed by atoms with Gasteiger partial charge in [-0.25, -0.2) is 0 Å². The van der Waals surface area contributed by atoms with Gasteiger partial charge in [0, 0.05) is 0 Å². The summed E-state index contributed by atoms with van der Waals surface area (Å²) in [6, 6.07) is 19.8. The number of likely N-dealkylation sites (N-methyl/N-ethyl adjacent to an activating group) is 1. The van der Waals surface area contributed by atoms with Crippen molar-refractivity contribution in [3.63, 3.8) is 0 Å². The Balaban J connectivity index is 1.56. The number of hydrogen-bond acceptors (Lipinski definition) is 5. The van der Waals surface area contributed by atoms with Crippen molar-refractivity contribution in [1.82, 2.24) is 10.2 Å². The predicted molar refractivity (Wildman–Crippen MR) is 116 cm³/mol. The second kappa shape index (κ2) is 7.32. The van der Waals surface area contributed by atoms with Gasteiger partial charge in [0.25, 0.3) is 0 Å². The number of hydrogen-bond donors (Lipinski definition) is 1. The molecule has 0 aliphatic carbocycles. The Labute approximate surface area is 182 Å². The zero-order chi connectivity index (χ0) is 20.8. The number of nitrogens with zero attached hydrogens (tertiary/aromatic N) is 2. The summed E-state index contributed by atoms with van der Waals surface area (Å²) in [4.78, 5) is 41.7. The van der Waals surface area contributed by atoms with E-state index in [1.165, 1.54) is 16.8 Å². The van der Waals surface area contributed by atoms with E-state index in [1.54, 1.807) is 17.8 Å². The molecular weight excluding hydrogens is 465 g/mol. The van der Waals surface area contributed by atoms with Crippen LogP contribution in [0, 0.1) is 0 Å². The van der Waals surface area contributed by atoms with Gasteiger partial charge < -0.3 is 0 Å². The Morgan fingerprint density at radius 1 is 0.900 bits per heavy atom. The number of fused-ring (bicyclic) bond motifs is 2. The van der Waals surface area contributed by atoms with Crippen LogP contribution < -0.4 is 10.2 Å². The summed E-state index contributed by atoms with van der Waals surface area (Å²) in [6.45, 7) is 0. The van der Waals surface area contributed by atoms with E-state index in [4.69, 9.17) is 0 Å². The Kier molecular flexibility index (Phi) is 4.62. The van der Waals surface area contributed by atoms with Crippen LogP contribution in [-0.4, -0.2) is 44.3 Å². The van der Waals surface area contributed by atoms with Gasteiger partial charge in [0.05, 0.1) is 0 Å². The zero-order valence-electron chi connectivity index (χ0n) is 15.8. The van der Waals surface area contributed by atoms with E-state index in [1.807, 2.05) is 36.4 Å². The van der Waals surface area contributed by atoms with Gasteiger partial charge in [-0.15, -0.1) is 0 Å².